The van der Waals surface area contributed by atoms with Gasteiger partial charge in [0.2, 0.25) is 0 Å². The lowest BCUT2D eigenvalue weighted by atomic mass is 10.0. The van der Waals surface area contributed by atoms with E-state index in [0.717, 1.165) is 40.3 Å². The lowest BCUT2D eigenvalue weighted by molar-refractivity contribution is 0.0951. The maximum absolute atomic E-state index is 12.2. The highest BCUT2D eigenvalue weighted by molar-refractivity contribution is 5.94. The highest BCUT2D eigenvalue weighted by Crippen LogP contribution is 2.28. The Labute approximate surface area is 164 Å². The summed E-state index contributed by atoms with van der Waals surface area (Å²) in [4.78, 5) is 16.7. The number of nitrogens with one attached hydrogen (secondary N) is 2. The lowest BCUT2D eigenvalue weighted by Gasteiger charge is -2.12. The third kappa shape index (κ3) is 4.14. The highest BCUT2D eigenvalue weighted by atomic mass is 16.3. The second kappa shape index (κ2) is 7.72. The molecule has 0 saturated heterocycles. The SMILES string of the molecule is C=C(Nc1ccc(C)c(-c2ccc(C(=O)NCC3CC3)cn2)c1)c1ccoc1. The van der Waals surface area contributed by atoms with Crippen molar-refractivity contribution in [1.82, 2.24) is 10.3 Å². The van der Waals surface area contributed by atoms with Gasteiger partial charge in [-0.05, 0) is 61.6 Å². The Kier molecular flexibility index (Phi) is 4.98. The third-order valence-electron chi connectivity index (χ3n) is 4.95. The van der Waals surface area contributed by atoms with Gasteiger partial charge in [-0.25, -0.2) is 0 Å². The summed E-state index contributed by atoms with van der Waals surface area (Å²) in [5, 5.41) is 6.27. The van der Waals surface area contributed by atoms with Crippen molar-refractivity contribution < 1.29 is 9.21 Å². The van der Waals surface area contributed by atoms with Crippen LogP contribution >= 0.6 is 0 Å². The van der Waals surface area contributed by atoms with Gasteiger partial charge in [-0.2, -0.15) is 0 Å². The molecule has 1 aromatic carbocycles. The summed E-state index contributed by atoms with van der Waals surface area (Å²) < 4.78 is 5.11. The van der Waals surface area contributed by atoms with Crippen molar-refractivity contribution in [3.05, 3.63) is 78.4 Å². The average Bonchev–Trinajstić information content (AvgIpc) is 3.38. The molecule has 5 nitrogen and oxygen atoms in total. The Hall–Kier alpha value is -3.34. The van der Waals surface area contributed by atoms with E-state index in [0.29, 0.717) is 11.5 Å². The number of aryl methyl sites for hydroxylation is 1. The molecule has 142 valence electrons. The molecule has 0 radical (unpaired) electrons. The number of carbonyl (C=O) groups is 1. The summed E-state index contributed by atoms with van der Waals surface area (Å²) in [6.45, 7) is 6.85. The first-order valence-electron chi connectivity index (χ1n) is 9.44. The van der Waals surface area contributed by atoms with Crippen LogP contribution in [0.5, 0.6) is 0 Å². The summed E-state index contributed by atoms with van der Waals surface area (Å²) in [5.74, 6) is 0.598. The number of anilines is 1. The fourth-order valence-corrected chi connectivity index (χ4v) is 3.01. The highest BCUT2D eigenvalue weighted by Gasteiger charge is 2.22. The van der Waals surface area contributed by atoms with Crippen LogP contribution in [0.4, 0.5) is 5.69 Å². The average molecular weight is 373 g/mol. The molecule has 5 heteroatoms. The van der Waals surface area contributed by atoms with Gasteiger partial charge in [0.25, 0.3) is 5.91 Å². The molecule has 0 aliphatic heterocycles. The molecule has 3 aromatic rings. The van der Waals surface area contributed by atoms with E-state index in [9.17, 15) is 4.79 Å². The number of carbonyl (C=O) groups excluding carboxylic acids is 1. The van der Waals surface area contributed by atoms with E-state index in [1.165, 1.54) is 12.8 Å². The number of aromatic nitrogens is 1. The van der Waals surface area contributed by atoms with Crippen molar-refractivity contribution in [1.29, 1.82) is 0 Å². The van der Waals surface area contributed by atoms with Gasteiger partial charge < -0.3 is 15.1 Å². The molecule has 28 heavy (non-hydrogen) atoms. The lowest BCUT2D eigenvalue weighted by Crippen LogP contribution is -2.25. The second-order valence-electron chi connectivity index (χ2n) is 7.23. The molecule has 0 bridgehead atoms. The van der Waals surface area contributed by atoms with Crippen LogP contribution in [0.15, 0.2) is 66.1 Å². The maximum atomic E-state index is 12.2. The molecule has 1 amide bonds. The van der Waals surface area contributed by atoms with Crippen LogP contribution in [0.3, 0.4) is 0 Å². The van der Waals surface area contributed by atoms with Gasteiger partial charge in [-0.15, -0.1) is 0 Å². The molecule has 1 fully saturated rings. The molecular formula is C23H23N3O2. The second-order valence-corrected chi connectivity index (χ2v) is 7.23. The minimum atomic E-state index is -0.0606. The van der Waals surface area contributed by atoms with Gasteiger partial charge in [0, 0.05) is 35.3 Å². The largest absolute Gasteiger partial charge is 0.472 e. The smallest absolute Gasteiger partial charge is 0.252 e. The number of hydrogen-bond acceptors (Lipinski definition) is 4. The van der Waals surface area contributed by atoms with Crippen LogP contribution in [0.1, 0.15) is 34.3 Å². The number of rotatable bonds is 7. The minimum Gasteiger partial charge on any atom is -0.472 e. The summed E-state index contributed by atoms with van der Waals surface area (Å²) in [7, 11) is 0. The fourth-order valence-electron chi connectivity index (χ4n) is 3.01. The number of hydrogen-bond donors (Lipinski definition) is 2. The normalized spacial score (nSPS) is 13.2. The number of pyridine rings is 1. The molecule has 1 aliphatic carbocycles. The molecule has 2 N–H and O–H groups in total. The molecular weight excluding hydrogens is 350 g/mol. The van der Waals surface area contributed by atoms with Crippen LogP contribution < -0.4 is 10.6 Å². The summed E-state index contributed by atoms with van der Waals surface area (Å²) >= 11 is 0. The van der Waals surface area contributed by atoms with Crippen molar-refractivity contribution in [2.24, 2.45) is 5.92 Å². The molecule has 1 saturated carbocycles. The fraction of sp³-hybridized carbons (Fsp3) is 0.217. The number of nitrogens with zero attached hydrogens (tertiary/aromatic N) is 1. The van der Waals surface area contributed by atoms with Crippen LogP contribution in [0.2, 0.25) is 0 Å². The van der Waals surface area contributed by atoms with Gasteiger partial charge in [0.1, 0.15) is 0 Å². The zero-order chi connectivity index (χ0) is 19.5. The molecule has 1 aliphatic rings. The van der Waals surface area contributed by atoms with Crippen molar-refractivity contribution >= 4 is 17.3 Å². The molecule has 2 aromatic heterocycles. The van der Waals surface area contributed by atoms with E-state index in [4.69, 9.17) is 4.42 Å². The van der Waals surface area contributed by atoms with E-state index in [1.807, 2.05) is 43.3 Å². The van der Waals surface area contributed by atoms with Gasteiger partial charge in [0.05, 0.1) is 23.8 Å². The van der Waals surface area contributed by atoms with Gasteiger partial charge in [-0.3, -0.25) is 9.78 Å². The molecule has 0 atom stereocenters. The summed E-state index contributed by atoms with van der Waals surface area (Å²) in [6, 6.07) is 11.7. The summed E-state index contributed by atoms with van der Waals surface area (Å²) in [6.07, 6.45) is 7.35. The van der Waals surface area contributed by atoms with Crippen molar-refractivity contribution in [2.75, 3.05) is 11.9 Å². The monoisotopic (exact) mass is 373 g/mol. The Bertz CT molecular complexity index is 987. The molecule has 0 spiro atoms. The maximum Gasteiger partial charge on any atom is 0.252 e. The Morgan fingerprint density at radius 1 is 1.21 bits per heavy atom. The van der Waals surface area contributed by atoms with E-state index in [2.05, 4.69) is 22.2 Å². The van der Waals surface area contributed by atoms with Gasteiger partial charge in [-0.1, -0.05) is 12.6 Å². The van der Waals surface area contributed by atoms with Crippen molar-refractivity contribution in [2.45, 2.75) is 19.8 Å². The van der Waals surface area contributed by atoms with Crippen LogP contribution in [-0.2, 0) is 0 Å². The van der Waals surface area contributed by atoms with E-state index in [-0.39, 0.29) is 5.91 Å². The first-order valence-corrected chi connectivity index (χ1v) is 9.44. The van der Waals surface area contributed by atoms with Crippen molar-refractivity contribution in [3.8, 4) is 11.3 Å². The molecule has 2 heterocycles. The Morgan fingerprint density at radius 3 is 2.75 bits per heavy atom. The minimum absolute atomic E-state index is 0.0606. The standard InChI is InChI=1S/C23H23N3O2/c1-15-3-7-20(26-16(2)19-9-10-28-14-19)11-21(15)22-8-6-18(13-24-22)23(27)25-12-17-4-5-17/h3,6-11,13-14,17,26H,2,4-5,12H2,1H3,(H,25,27). The van der Waals surface area contributed by atoms with Gasteiger partial charge in [0.15, 0.2) is 0 Å². The van der Waals surface area contributed by atoms with E-state index >= 15 is 0 Å². The van der Waals surface area contributed by atoms with Crippen molar-refractivity contribution in [3.63, 3.8) is 0 Å². The van der Waals surface area contributed by atoms with E-state index < -0.39 is 0 Å². The zero-order valence-electron chi connectivity index (χ0n) is 15.9. The zero-order valence-corrected chi connectivity index (χ0v) is 15.9. The number of benzene rings is 1. The van der Waals surface area contributed by atoms with E-state index in [1.54, 1.807) is 18.7 Å². The first kappa shape index (κ1) is 18.0. The first-order chi connectivity index (χ1) is 13.6. The number of amides is 1. The predicted octanol–water partition coefficient (Wildman–Crippen LogP) is 4.87. The third-order valence-corrected chi connectivity index (χ3v) is 4.95. The van der Waals surface area contributed by atoms with Gasteiger partial charge >= 0.3 is 0 Å². The topological polar surface area (TPSA) is 67.2 Å². The Morgan fingerprint density at radius 2 is 2.07 bits per heavy atom. The quantitative estimate of drug-likeness (QED) is 0.620. The van der Waals surface area contributed by atoms with Crippen LogP contribution in [0.25, 0.3) is 17.0 Å². The number of furan rings is 1. The van der Waals surface area contributed by atoms with Crippen LogP contribution in [0, 0.1) is 12.8 Å². The summed E-state index contributed by atoms with van der Waals surface area (Å²) in [5.41, 5.74) is 6.12. The predicted molar refractivity (Wildman–Crippen MR) is 111 cm³/mol. The Balaban J connectivity index is 1.49. The molecule has 0 unspecified atom stereocenters. The van der Waals surface area contributed by atoms with Crippen LogP contribution in [-0.4, -0.2) is 17.4 Å². The molecule has 4 rings (SSSR count).